The number of Topliss-reactive ketones (excluding diaryl/α,β-unsaturated/α-hetero) is 1. The molecule has 4 heteroatoms. The third kappa shape index (κ3) is 2.90. The molecule has 0 spiro atoms. The quantitative estimate of drug-likeness (QED) is 0.633. The normalized spacial score (nSPS) is 13.6. The first-order valence-corrected chi connectivity index (χ1v) is 7.43. The first-order valence-electron chi connectivity index (χ1n) is 7.43. The van der Waals surface area contributed by atoms with Crippen LogP contribution in [0.1, 0.15) is 34.2 Å². The number of ether oxygens (including phenoxy) is 1. The molecule has 2 aromatic rings. The van der Waals surface area contributed by atoms with Gasteiger partial charge in [0.25, 0.3) is 0 Å². The Labute approximate surface area is 135 Å². The third-order valence-electron chi connectivity index (χ3n) is 3.92. The van der Waals surface area contributed by atoms with E-state index in [1.807, 2.05) is 29.7 Å². The maximum atomic E-state index is 11.8. The minimum absolute atomic E-state index is 0.0184. The fraction of sp³-hybridized carbons (Fsp3) is 0.263. The van der Waals surface area contributed by atoms with Crippen LogP contribution in [-0.2, 0) is 4.74 Å². The maximum Gasteiger partial charge on any atom is 0.161 e. The minimum Gasteiger partial charge on any atom is -0.379 e. The van der Waals surface area contributed by atoms with E-state index in [1.54, 1.807) is 19.1 Å². The maximum absolute atomic E-state index is 11.8. The second kappa shape index (κ2) is 6.12. The van der Waals surface area contributed by atoms with E-state index in [2.05, 4.69) is 17.9 Å². The number of carbonyl (C=O) groups is 1. The second-order valence-corrected chi connectivity index (χ2v) is 5.58. The van der Waals surface area contributed by atoms with Crippen LogP contribution in [0.3, 0.4) is 0 Å². The van der Waals surface area contributed by atoms with Gasteiger partial charge in [0.2, 0.25) is 0 Å². The fourth-order valence-corrected chi connectivity index (χ4v) is 2.57. The van der Waals surface area contributed by atoms with Crippen LogP contribution in [0.25, 0.3) is 5.69 Å². The van der Waals surface area contributed by atoms with E-state index in [0.29, 0.717) is 24.3 Å². The Kier molecular flexibility index (Phi) is 4.02. The molecule has 114 valence electrons. The fourth-order valence-electron chi connectivity index (χ4n) is 2.57. The van der Waals surface area contributed by atoms with Crippen molar-refractivity contribution in [3.63, 3.8) is 0 Å². The monoisotopic (exact) mass is 304 g/mol. The van der Waals surface area contributed by atoms with Crippen molar-refractivity contribution in [1.29, 1.82) is 5.26 Å². The van der Waals surface area contributed by atoms with Crippen LogP contribution in [0.4, 0.5) is 0 Å². The van der Waals surface area contributed by atoms with Gasteiger partial charge in [0, 0.05) is 16.9 Å². The first-order chi connectivity index (χ1) is 11.1. The highest BCUT2D eigenvalue weighted by molar-refractivity contribution is 5.96. The highest BCUT2D eigenvalue weighted by Crippen LogP contribution is 2.22. The number of hydrogen-bond donors (Lipinski definition) is 0. The van der Waals surface area contributed by atoms with Crippen molar-refractivity contribution >= 4 is 5.78 Å². The minimum atomic E-state index is 0.0184. The SMILES string of the molecule is CC(=O)c1cc(C#CC2COC2)n(-c2ccc(C#N)cc2)c1C. The molecule has 2 heterocycles. The van der Waals surface area contributed by atoms with Gasteiger partial charge in [-0.05, 0) is 50.1 Å². The van der Waals surface area contributed by atoms with E-state index in [1.165, 1.54) is 0 Å². The topological polar surface area (TPSA) is 55.0 Å². The Morgan fingerprint density at radius 2 is 2.00 bits per heavy atom. The summed E-state index contributed by atoms with van der Waals surface area (Å²) in [6.45, 7) is 4.81. The zero-order valence-corrected chi connectivity index (χ0v) is 13.1. The number of rotatable bonds is 2. The molecule has 3 rings (SSSR count). The predicted octanol–water partition coefficient (Wildman–Crippen LogP) is 2.86. The molecule has 23 heavy (non-hydrogen) atoms. The number of nitriles is 1. The highest BCUT2D eigenvalue weighted by atomic mass is 16.5. The summed E-state index contributed by atoms with van der Waals surface area (Å²) in [6, 6.07) is 11.2. The lowest BCUT2D eigenvalue weighted by atomic mass is 10.1. The molecule has 1 fully saturated rings. The van der Waals surface area contributed by atoms with Crippen LogP contribution in [0.5, 0.6) is 0 Å². The van der Waals surface area contributed by atoms with Gasteiger partial charge in [-0.2, -0.15) is 5.26 Å². The van der Waals surface area contributed by atoms with E-state index >= 15 is 0 Å². The molecule has 1 aromatic heterocycles. The van der Waals surface area contributed by atoms with E-state index in [4.69, 9.17) is 10.00 Å². The summed E-state index contributed by atoms with van der Waals surface area (Å²) >= 11 is 0. The van der Waals surface area contributed by atoms with Crippen LogP contribution in [0, 0.1) is 36.0 Å². The zero-order chi connectivity index (χ0) is 16.4. The number of carbonyl (C=O) groups excluding carboxylic acids is 1. The van der Waals surface area contributed by atoms with Gasteiger partial charge >= 0.3 is 0 Å². The smallest absolute Gasteiger partial charge is 0.161 e. The number of ketones is 1. The van der Waals surface area contributed by atoms with Crippen LogP contribution in [0.2, 0.25) is 0 Å². The highest BCUT2D eigenvalue weighted by Gasteiger charge is 2.17. The lowest BCUT2D eigenvalue weighted by Crippen LogP contribution is -2.25. The van der Waals surface area contributed by atoms with Gasteiger partial charge in [-0.1, -0.05) is 5.92 Å². The Morgan fingerprint density at radius 1 is 1.30 bits per heavy atom. The lowest BCUT2D eigenvalue weighted by Gasteiger charge is -2.20. The molecule has 0 atom stereocenters. The van der Waals surface area contributed by atoms with E-state index in [-0.39, 0.29) is 11.7 Å². The van der Waals surface area contributed by atoms with Crippen molar-refractivity contribution in [2.24, 2.45) is 5.92 Å². The first kappa shape index (κ1) is 15.1. The van der Waals surface area contributed by atoms with Gasteiger partial charge in [-0.3, -0.25) is 4.79 Å². The van der Waals surface area contributed by atoms with Crippen molar-refractivity contribution in [2.45, 2.75) is 13.8 Å². The zero-order valence-electron chi connectivity index (χ0n) is 13.1. The summed E-state index contributed by atoms with van der Waals surface area (Å²) in [5.74, 6) is 6.64. The van der Waals surface area contributed by atoms with Crippen molar-refractivity contribution in [2.75, 3.05) is 13.2 Å². The van der Waals surface area contributed by atoms with Crippen molar-refractivity contribution in [3.05, 3.63) is 52.8 Å². The van der Waals surface area contributed by atoms with Crippen molar-refractivity contribution in [3.8, 4) is 23.6 Å². The summed E-state index contributed by atoms with van der Waals surface area (Å²) < 4.78 is 7.10. The molecule has 1 saturated heterocycles. The summed E-state index contributed by atoms with van der Waals surface area (Å²) in [5.41, 5.74) is 3.80. The molecule has 0 bridgehead atoms. The largest absolute Gasteiger partial charge is 0.379 e. The average Bonchev–Trinajstić information content (AvgIpc) is 2.83. The molecule has 0 amide bonds. The van der Waals surface area contributed by atoms with Crippen LogP contribution >= 0.6 is 0 Å². The summed E-state index contributed by atoms with van der Waals surface area (Å²) in [5, 5.41) is 8.93. The second-order valence-electron chi connectivity index (χ2n) is 5.58. The predicted molar refractivity (Wildman–Crippen MR) is 86.4 cm³/mol. The Bertz CT molecular complexity index is 854. The molecule has 0 unspecified atom stereocenters. The number of benzene rings is 1. The van der Waals surface area contributed by atoms with E-state index < -0.39 is 0 Å². The van der Waals surface area contributed by atoms with Crippen molar-refractivity contribution in [1.82, 2.24) is 4.57 Å². The van der Waals surface area contributed by atoms with Crippen LogP contribution < -0.4 is 0 Å². The van der Waals surface area contributed by atoms with Gasteiger partial charge in [0.1, 0.15) is 0 Å². The lowest BCUT2D eigenvalue weighted by molar-refractivity contribution is -0.00301. The Hall–Kier alpha value is -2.82. The van der Waals surface area contributed by atoms with Gasteiger partial charge in [0.15, 0.2) is 5.78 Å². The summed E-state index contributed by atoms with van der Waals surface area (Å²) in [4.78, 5) is 11.8. The average molecular weight is 304 g/mol. The number of nitrogens with zero attached hydrogens (tertiary/aromatic N) is 2. The molecule has 1 aromatic carbocycles. The number of aromatic nitrogens is 1. The molecule has 0 radical (unpaired) electrons. The molecule has 0 aliphatic carbocycles. The van der Waals surface area contributed by atoms with Crippen LogP contribution in [0.15, 0.2) is 30.3 Å². The molecular weight excluding hydrogens is 288 g/mol. The molecular formula is C19H16N2O2. The molecule has 0 N–H and O–H groups in total. The van der Waals surface area contributed by atoms with Gasteiger partial charge in [-0.25, -0.2) is 0 Å². The van der Waals surface area contributed by atoms with Gasteiger partial charge < -0.3 is 9.30 Å². The molecule has 4 nitrogen and oxygen atoms in total. The van der Waals surface area contributed by atoms with E-state index in [0.717, 1.165) is 17.1 Å². The van der Waals surface area contributed by atoms with Gasteiger partial charge in [0.05, 0.1) is 36.5 Å². The number of hydrogen-bond acceptors (Lipinski definition) is 3. The van der Waals surface area contributed by atoms with Gasteiger partial charge in [-0.15, -0.1) is 0 Å². The molecule has 1 aliphatic heterocycles. The summed E-state index contributed by atoms with van der Waals surface area (Å²) in [7, 11) is 0. The summed E-state index contributed by atoms with van der Waals surface area (Å²) in [6.07, 6.45) is 0. The standard InChI is InChI=1S/C19H16N2O2/c1-13-19(14(2)22)9-18(8-5-16-11-23-12-16)21(13)17-6-3-15(10-20)4-7-17/h3-4,6-7,9,16H,11-12H2,1-2H3. The Morgan fingerprint density at radius 3 is 2.52 bits per heavy atom. The van der Waals surface area contributed by atoms with Crippen molar-refractivity contribution < 1.29 is 9.53 Å². The van der Waals surface area contributed by atoms with Crippen LogP contribution in [-0.4, -0.2) is 23.6 Å². The third-order valence-corrected chi connectivity index (χ3v) is 3.92. The molecule has 1 aliphatic rings. The Balaban J connectivity index is 2.09. The van der Waals surface area contributed by atoms with E-state index in [9.17, 15) is 4.79 Å². The molecule has 0 saturated carbocycles.